The van der Waals surface area contributed by atoms with E-state index < -0.39 is 0 Å². The summed E-state index contributed by atoms with van der Waals surface area (Å²) in [5, 5.41) is 9.91. The quantitative estimate of drug-likeness (QED) is 0.723. The third kappa shape index (κ3) is 4.59. The maximum Gasteiger partial charge on any atom is 0.0649 e. The van der Waals surface area contributed by atoms with Gasteiger partial charge in [0.2, 0.25) is 0 Å². The SMILES string of the molecule is C=C[C@@H]1[C@H](CO)[C@@H](CCc2ccccc2)O[C@H]1CCc1ccccc1. The van der Waals surface area contributed by atoms with Gasteiger partial charge in [-0.05, 0) is 36.8 Å². The van der Waals surface area contributed by atoms with Gasteiger partial charge in [-0.3, -0.25) is 0 Å². The molecule has 1 aliphatic heterocycles. The smallest absolute Gasteiger partial charge is 0.0649 e. The number of aliphatic hydroxyl groups excluding tert-OH is 1. The Morgan fingerprint density at radius 3 is 1.84 bits per heavy atom. The van der Waals surface area contributed by atoms with Crippen molar-refractivity contribution in [1.82, 2.24) is 0 Å². The molecule has 2 aromatic rings. The van der Waals surface area contributed by atoms with Crippen LogP contribution in [-0.2, 0) is 17.6 Å². The highest BCUT2D eigenvalue weighted by atomic mass is 16.5. The standard InChI is InChI=1S/C23H28O2/c1-2-20-21(17-24)23(16-14-19-11-7-4-8-12-19)25-22(20)15-13-18-9-5-3-6-10-18/h2-12,20-24H,1,13-17H2/t20-,21+,22+,23-/m1/s1. The lowest BCUT2D eigenvalue weighted by Crippen LogP contribution is -2.24. The minimum absolute atomic E-state index is 0.106. The van der Waals surface area contributed by atoms with Crippen LogP contribution >= 0.6 is 0 Å². The molecule has 1 N–H and O–H groups in total. The summed E-state index contributed by atoms with van der Waals surface area (Å²) in [6.07, 6.45) is 6.14. The van der Waals surface area contributed by atoms with Gasteiger partial charge in [0.05, 0.1) is 12.2 Å². The van der Waals surface area contributed by atoms with E-state index in [0.29, 0.717) is 0 Å². The van der Waals surface area contributed by atoms with Crippen LogP contribution in [0, 0.1) is 11.8 Å². The van der Waals surface area contributed by atoms with Crippen molar-refractivity contribution in [3.05, 3.63) is 84.4 Å². The van der Waals surface area contributed by atoms with E-state index in [4.69, 9.17) is 4.74 Å². The van der Waals surface area contributed by atoms with Gasteiger partial charge in [0, 0.05) is 18.4 Å². The van der Waals surface area contributed by atoms with E-state index in [0.717, 1.165) is 25.7 Å². The summed E-state index contributed by atoms with van der Waals surface area (Å²) in [5.41, 5.74) is 2.66. The third-order valence-corrected chi connectivity index (χ3v) is 5.35. The van der Waals surface area contributed by atoms with E-state index in [9.17, 15) is 5.11 Å². The molecular formula is C23H28O2. The first kappa shape index (κ1) is 17.9. The largest absolute Gasteiger partial charge is 0.396 e. The highest BCUT2D eigenvalue weighted by Crippen LogP contribution is 2.37. The minimum Gasteiger partial charge on any atom is -0.396 e. The Morgan fingerprint density at radius 2 is 1.36 bits per heavy atom. The Morgan fingerprint density at radius 1 is 0.840 bits per heavy atom. The molecule has 1 heterocycles. The van der Waals surface area contributed by atoms with Gasteiger partial charge in [-0.25, -0.2) is 0 Å². The predicted octanol–water partition coefficient (Wildman–Crippen LogP) is 4.43. The number of aliphatic hydroxyl groups is 1. The molecule has 1 saturated heterocycles. The number of hydrogen-bond donors (Lipinski definition) is 1. The lowest BCUT2D eigenvalue weighted by atomic mass is 9.84. The normalized spacial score (nSPS) is 25.8. The molecule has 0 aliphatic carbocycles. The van der Waals surface area contributed by atoms with Crippen LogP contribution < -0.4 is 0 Å². The summed E-state index contributed by atoms with van der Waals surface area (Å²) in [7, 11) is 0. The molecule has 1 fully saturated rings. The Kier molecular flexibility index (Phi) is 6.43. The number of benzene rings is 2. The molecule has 2 aromatic carbocycles. The molecule has 25 heavy (non-hydrogen) atoms. The first-order valence-corrected chi connectivity index (χ1v) is 9.28. The summed E-state index contributed by atoms with van der Waals surface area (Å²) < 4.78 is 6.38. The van der Waals surface area contributed by atoms with Gasteiger partial charge in [-0.2, -0.15) is 0 Å². The molecule has 0 spiro atoms. The molecule has 2 nitrogen and oxygen atoms in total. The van der Waals surface area contributed by atoms with Gasteiger partial charge in [0.1, 0.15) is 0 Å². The maximum atomic E-state index is 9.91. The van der Waals surface area contributed by atoms with E-state index in [-0.39, 0.29) is 30.7 Å². The molecule has 0 aromatic heterocycles. The molecule has 0 saturated carbocycles. The second-order valence-corrected chi connectivity index (χ2v) is 6.92. The molecule has 2 heteroatoms. The Balaban J connectivity index is 1.60. The molecule has 132 valence electrons. The van der Waals surface area contributed by atoms with E-state index in [1.165, 1.54) is 11.1 Å². The van der Waals surface area contributed by atoms with Crippen LogP contribution in [0.4, 0.5) is 0 Å². The van der Waals surface area contributed by atoms with Gasteiger partial charge >= 0.3 is 0 Å². The van der Waals surface area contributed by atoms with E-state index in [1.807, 2.05) is 18.2 Å². The predicted molar refractivity (Wildman–Crippen MR) is 102 cm³/mol. The fourth-order valence-corrected chi connectivity index (χ4v) is 3.96. The lowest BCUT2D eigenvalue weighted by molar-refractivity contribution is 0.0170. The van der Waals surface area contributed by atoms with Crippen LogP contribution in [0.2, 0.25) is 0 Å². The molecule has 4 atom stereocenters. The number of aryl methyl sites for hydroxylation is 2. The first-order chi connectivity index (χ1) is 12.3. The number of hydrogen-bond acceptors (Lipinski definition) is 2. The second kappa shape index (κ2) is 8.98. The first-order valence-electron chi connectivity index (χ1n) is 9.28. The highest BCUT2D eigenvalue weighted by Gasteiger charge is 2.41. The van der Waals surface area contributed by atoms with Crippen LogP contribution in [0.1, 0.15) is 24.0 Å². The zero-order valence-electron chi connectivity index (χ0n) is 14.8. The van der Waals surface area contributed by atoms with Gasteiger partial charge in [-0.15, -0.1) is 6.58 Å². The van der Waals surface area contributed by atoms with Gasteiger partial charge in [0.25, 0.3) is 0 Å². The average Bonchev–Trinajstić information content (AvgIpc) is 3.03. The molecule has 3 rings (SSSR count). The van der Waals surface area contributed by atoms with Crippen molar-refractivity contribution in [2.75, 3.05) is 6.61 Å². The Labute approximate surface area is 151 Å². The molecule has 0 unspecified atom stereocenters. The summed E-state index contributed by atoms with van der Waals surface area (Å²) in [6, 6.07) is 21.0. The van der Waals surface area contributed by atoms with Crippen LogP contribution in [0.15, 0.2) is 73.3 Å². The molecule has 0 bridgehead atoms. The van der Waals surface area contributed by atoms with Crippen LogP contribution in [-0.4, -0.2) is 23.9 Å². The van der Waals surface area contributed by atoms with E-state index >= 15 is 0 Å². The van der Waals surface area contributed by atoms with Crippen LogP contribution in [0.25, 0.3) is 0 Å². The van der Waals surface area contributed by atoms with Gasteiger partial charge in [0.15, 0.2) is 0 Å². The number of ether oxygens (including phenoxy) is 1. The number of rotatable bonds is 8. The van der Waals surface area contributed by atoms with Crippen molar-refractivity contribution in [3.63, 3.8) is 0 Å². The average molecular weight is 336 g/mol. The van der Waals surface area contributed by atoms with Gasteiger partial charge in [-0.1, -0.05) is 66.7 Å². The summed E-state index contributed by atoms with van der Waals surface area (Å²) in [4.78, 5) is 0. The fourth-order valence-electron chi connectivity index (χ4n) is 3.96. The highest BCUT2D eigenvalue weighted by molar-refractivity contribution is 5.16. The van der Waals surface area contributed by atoms with Crippen molar-refractivity contribution >= 4 is 0 Å². The summed E-state index contributed by atoms with van der Waals surface area (Å²) in [5.74, 6) is 0.386. The summed E-state index contributed by atoms with van der Waals surface area (Å²) >= 11 is 0. The maximum absolute atomic E-state index is 9.91. The van der Waals surface area contributed by atoms with Crippen molar-refractivity contribution in [2.45, 2.75) is 37.9 Å². The van der Waals surface area contributed by atoms with Crippen molar-refractivity contribution < 1.29 is 9.84 Å². The monoisotopic (exact) mass is 336 g/mol. The van der Waals surface area contributed by atoms with Crippen LogP contribution in [0.5, 0.6) is 0 Å². The molecule has 1 aliphatic rings. The second-order valence-electron chi connectivity index (χ2n) is 6.92. The van der Waals surface area contributed by atoms with Gasteiger partial charge < -0.3 is 9.84 Å². The topological polar surface area (TPSA) is 29.5 Å². The zero-order chi connectivity index (χ0) is 17.5. The molecular weight excluding hydrogens is 308 g/mol. The summed E-state index contributed by atoms with van der Waals surface area (Å²) in [6.45, 7) is 4.17. The van der Waals surface area contributed by atoms with Crippen LogP contribution in [0.3, 0.4) is 0 Å². The minimum atomic E-state index is 0.106. The van der Waals surface area contributed by atoms with Crippen molar-refractivity contribution in [1.29, 1.82) is 0 Å². The fraction of sp³-hybridized carbons (Fsp3) is 0.391. The zero-order valence-corrected chi connectivity index (χ0v) is 14.8. The van der Waals surface area contributed by atoms with E-state index in [2.05, 4.69) is 55.1 Å². The van der Waals surface area contributed by atoms with Crippen molar-refractivity contribution in [2.24, 2.45) is 11.8 Å². The Hall–Kier alpha value is -1.90. The lowest BCUT2D eigenvalue weighted by Gasteiger charge is -2.19. The van der Waals surface area contributed by atoms with E-state index in [1.54, 1.807) is 0 Å². The third-order valence-electron chi connectivity index (χ3n) is 5.35. The van der Waals surface area contributed by atoms with Crippen molar-refractivity contribution in [3.8, 4) is 0 Å². The molecule has 0 radical (unpaired) electrons. The molecule has 0 amide bonds. The Bertz CT molecular complexity index is 638.